The second kappa shape index (κ2) is 7.01. The lowest BCUT2D eigenvalue weighted by atomic mass is 10.1. The number of hydrogen-bond donors (Lipinski definition) is 1. The number of nitrogens with zero attached hydrogens (tertiary/aromatic N) is 1. The summed E-state index contributed by atoms with van der Waals surface area (Å²) in [6.45, 7) is 2.01. The van der Waals surface area contributed by atoms with E-state index < -0.39 is 0 Å². The van der Waals surface area contributed by atoms with Crippen molar-refractivity contribution in [2.45, 2.75) is 13.3 Å². The predicted molar refractivity (Wildman–Crippen MR) is 84.7 cm³/mol. The Labute approximate surface area is 126 Å². The Hall–Kier alpha value is -1.94. The van der Waals surface area contributed by atoms with Crippen molar-refractivity contribution in [2.75, 3.05) is 5.32 Å². The number of benzene rings is 1. The number of halogens is 1. The second-order valence-corrected chi connectivity index (χ2v) is 5.17. The van der Waals surface area contributed by atoms with Crippen molar-refractivity contribution in [1.82, 2.24) is 4.98 Å². The van der Waals surface area contributed by atoms with Crippen molar-refractivity contribution < 1.29 is 4.79 Å². The van der Waals surface area contributed by atoms with E-state index in [1.165, 1.54) is 0 Å². The number of ketones is 1. The van der Waals surface area contributed by atoms with Gasteiger partial charge in [0.2, 0.25) is 0 Å². The van der Waals surface area contributed by atoms with Crippen molar-refractivity contribution in [3.63, 3.8) is 0 Å². The molecule has 0 aliphatic heterocycles. The molecule has 1 aromatic carbocycles. The van der Waals surface area contributed by atoms with Crippen LogP contribution in [-0.4, -0.2) is 10.8 Å². The van der Waals surface area contributed by atoms with Crippen LogP contribution in [0.2, 0.25) is 0 Å². The first-order valence-corrected chi connectivity index (χ1v) is 7.16. The molecule has 1 heterocycles. The molecule has 2 rings (SSSR count). The zero-order valence-electron chi connectivity index (χ0n) is 11.1. The summed E-state index contributed by atoms with van der Waals surface area (Å²) in [4.78, 5) is 16.0. The fraction of sp³-hybridized carbons (Fsp3) is 0.125. The van der Waals surface area contributed by atoms with Crippen LogP contribution in [0.15, 0.2) is 65.0 Å². The summed E-state index contributed by atoms with van der Waals surface area (Å²) < 4.78 is 1.03. The molecule has 0 saturated heterocycles. The third kappa shape index (κ3) is 4.03. The number of hydrogen-bond acceptors (Lipinski definition) is 3. The van der Waals surface area contributed by atoms with Crippen LogP contribution in [0.5, 0.6) is 0 Å². The maximum absolute atomic E-state index is 12.1. The van der Waals surface area contributed by atoms with Crippen LogP contribution in [0.4, 0.5) is 5.69 Å². The highest BCUT2D eigenvalue weighted by molar-refractivity contribution is 9.10. The molecule has 0 amide bonds. The summed E-state index contributed by atoms with van der Waals surface area (Å²) >= 11 is 3.40. The van der Waals surface area contributed by atoms with E-state index in [0.29, 0.717) is 5.56 Å². The first kappa shape index (κ1) is 14.5. The molecule has 0 saturated carbocycles. The van der Waals surface area contributed by atoms with Gasteiger partial charge in [0.1, 0.15) is 0 Å². The average Bonchev–Trinajstić information content (AvgIpc) is 2.49. The molecule has 0 radical (unpaired) electrons. The van der Waals surface area contributed by atoms with Crippen molar-refractivity contribution in [1.29, 1.82) is 0 Å². The van der Waals surface area contributed by atoms with Gasteiger partial charge in [0.05, 0.1) is 0 Å². The molecule has 0 atom stereocenters. The molecule has 0 bridgehead atoms. The largest absolute Gasteiger partial charge is 0.359 e. The summed E-state index contributed by atoms with van der Waals surface area (Å²) in [5, 5.41) is 3.26. The Kier molecular flexibility index (Phi) is 5.07. The van der Waals surface area contributed by atoms with Crippen LogP contribution >= 0.6 is 15.9 Å². The molecule has 3 nitrogen and oxygen atoms in total. The van der Waals surface area contributed by atoms with E-state index >= 15 is 0 Å². The summed E-state index contributed by atoms with van der Waals surface area (Å²) in [5.74, 6) is -0.0196. The van der Waals surface area contributed by atoms with E-state index in [2.05, 4.69) is 26.2 Å². The Bertz CT molecular complexity index is 606. The molecule has 20 heavy (non-hydrogen) atoms. The Morgan fingerprint density at radius 3 is 2.45 bits per heavy atom. The molecule has 4 heteroatoms. The van der Waals surface area contributed by atoms with Gasteiger partial charge < -0.3 is 5.32 Å². The fourth-order valence-corrected chi connectivity index (χ4v) is 1.97. The number of allylic oxidation sites excluding steroid dienone is 2. The molecule has 0 fully saturated rings. The number of anilines is 1. The third-order valence-corrected chi connectivity index (χ3v) is 3.33. The second-order valence-electron chi connectivity index (χ2n) is 4.26. The first-order chi connectivity index (χ1) is 9.69. The van der Waals surface area contributed by atoms with Crippen molar-refractivity contribution >= 4 is 27.4 Å². The van der Waals surface area contributed by atoms with Gasteiger partial charge in [0.25, 0.3) is 0 Å². The standard InChI is InChI=1S/C16H15BrN2O/c1-2-14(19-15-5-3-13(17)4-6-15)11-16(20)12-7-9-18-10-8-12/h3-11,19H,2H2,1H3/b14-11-. The van der Waals surface area contributed by atoms with Crippen LogP contribution in [0, 0.1) is 0 Å². The van der Waals surface area contributed by atoms with Crippen LogP contribution in [0.1, 0.15) is 23.7 Å². The van der Waals surface area contributed by atoms with Gasteiger partial charge in [-0.05, 0) is 42.8 Å². The summed E-state index contributed by atoms with van der Waals surface area (Å²) in [6, 6.07) is 11.3. The van der Waals surface area contributed by atoms with Crippen LogP contribution < -0.4 is 5.32 Å². The smallest absolute Gasteiger partial charge is 0.187 e. The quantitative estimate of drug-likeness (QED) is 0.651. The number of pyridine rings is 1. The molecule has 0 aliphatic rings. The number of nitrogens with one attached hydrogen (secondary N) is 1. The normalized spacial score (nSPS) is 11.2. The van der Waals surface area contributed by atoms with E-state index in [4.69, 9.17) is 0 Å². The number of carbonyl (C=O) groups excluding carboxylic acids is 1. The van der Waals surface area contributed by atoms with E-state index in [9.17, 15) is 4.79 Å². The Morgan fingerprint density at radius 1 is 1.20 bits per heavy atom. The third-order valence-electron chi connectivity index (χ3n) is 2.80. The molecule has 1 N–H and O–H groups in total. The lowest BCUT2D eigenvalue weighted by Gasteiger charge is -2.09. The highest BCUT2D eigenvalue weighted by Gasteiger charge is 2.04. The minimum atomic E-state index is -0.0196. The predicted octanol–water partition coefficient (Wildman–Crippen LogP) is 4.43. The molecule has 0 aliphatic carbocycles. The van der Waals surface area contributed by atoms with Crippen molar-refractivity contribution in [3.05, 3.63) is 70.6 Å². The topological polar surface area (TPSA) is 42.0 Å². The zero-order valence-corrected chi connectivity index (χ0v) is 12.7. The van der Waals surface area contributed by atoms with Gasteiger partial charge in [-0.2, -0.15) is 0 Å². The zero-order chi connectivity index (χ0) is 14.4. The van der Waals surface area contributed by atoms with E-state index in [-0.39, 0.29) is 5.78 Å². The molecule has 102 valence electrons. The van der Waals surface area contributed by atoms with Crippen LogP contribution in [-0.2, 0) is 0 Å². The number of aromatic nitrogens is 1. The highest BCUT2D eigenvalue weighted by Crippen LogP contribution is 2.17. The summed E-state index contributed by atoms with van der Waals surface area (Å²) in [5.41, 5.74) is 2.49. The molecule has 0 spiro atoms. The molecular weight excluding hydrogens is 316 g/mol. The Balaban J connectivity index is 2.13. The monoisotopic (exact) mass is 330 g/mol. The SMILES string of the molecule is CC/C(=C/C(=O)c1ccncc1)Nc1ccc(Br)cc1. The van der Waals surface area contributed by atoms with E-state index in [1.807, 2.05) is 31.2 Å². The van der Waals surface area contributed by atoms with E-state index in [1.54, 1.807) is 30.6 Å². The lowest BCUT2D eigenvalue weighted by Crippen LogP contribution is -2.03. The average molecular weight is 331 g/mol. The molecular formula is C16H15BrN2O. The van der Waals surface area contributed by atoms with Crippen molar-refractivity contribution in [3.8, 4) is 0 Å². The molecule has 0 unspecified atom stereocenters. The Morgan fingerprint density at radius 2 is 1.85 bits per heavy atom. The highest BCUT2D eigenvalue weighted by atomic mass is 79.9. The van der Waals surface area contributed by atoms with Gasteiger partial charge in [0, 0.05) is 39.9 Å². The summed E-state index contributed by atoms with van der Waals surface area (Å²) in [7, 11) is 0. The first-order valence-electron chi connectivity index (χ1n) is 6.36. The van der Waals surface area contributed by atoms with Gasteiger partial charge in [-0.25, -0.2) is 0 Å². The van der Waals surface area contributed by atoms with Crippen LogP contribution in [0.3, 0.4) is 0 Å². The lowest BCUT2D eigenvalue weighted by molar-refractivity contribution is 0.104. The van der Waals surface area contributed by atoms with Gasteiger partial charge in [-0.15, -0.1) is 0 Å². The minimum Gasteiger partial charge on any atom is -0.359 e. The maximum Gasteiger partial charge on any atom is 0.187 e. The molecule has 2 aromatic rings. The number of carbonyl (C=O) groups is 1. The van der Waals surface area contributed by atoms with Crippen molar-refractivity contribution in [2.24, 2.45) is 0 Å². The van der Waals surface area contributed by atoms with E-state index in [0.717, 1.165) is 22.3 Å². The van der Waals surface area contributed by atoms with Gasteiger partial charge >= 0.3 is 0 Å². The minimum absolute atomic E-state index is 0.0196. The van der Waals surface area contributed by atoms with Gasteiger partial charge in [-0.1, -0.05) is 22.9 Å². The van der Waals surface area contributed by atoms with Crippen LogP contribution in [0.25, 0.3) is 0 Å². The molecule has 1 aromatic heterocycles. The summed E-state index contributed by atoms with van der Waals surface area (Å²) in [6.07, 6.45) is 5.63. The number of rotatable bonds is 5. The maximum atomic E-state index is 12.1. The van der Waals surface area contributed by atoms with Gasteiger partial charge in [0.15, 0.2) is 5.78 Å². The fourth-order valence-electron chi connectivity index (χ4n) is 1.70. The van der Waals surface area contributed by atoms with Gasteiger partial charge in [-0.3, -0.25) is 9.78 Å².